The largest absolute Gasteiger partial charge is 0.360 e. The van der Waals surface area contributed by atoms with Gasteiger partial charge >= 0.3 is 0 Å². The fraction of sp³-hybridized carbons (Fsp3) is 0. The van der Waals surface area contributed by atoms with E-state index >= 15 is 0 Å². The van der Waals surface area contributed by atoms with E-state index in [4.69, 9.17) is 0 Å². The van der Waals surface area contributed by atoms with Gasteiger partial charge < -0.3 is 4.98 Å². The molecule has 0 aliphatic carbocycles. The minimum Gasteiger partial charge on any atom is -0.360 e. The van der Waals surface area contributed by atoms with Gasteiger partial charge in [-0.15, -0.1) is 0 Å². The van der Waals surface area contributed by atoms with Gasteiger partial charge in [-0.1, -0.05) is 0 Å². The van der Waals surface area contributed by atoms with Crippen molar-refractivity contribution in [2.75, 3.05) is 0 Å². The Morgan fingerprint density at radius 3 is 2.63 bits per heavy atom. The highest BCUT2D eigenvalue weighted by Crippen LogP contribution is 2.11. The van der Waals surface area contributed by atoms with E-state index in [0.717, 1.165) is 5.69 Å². The van der Waals surface area contributed by atoms with Crippen LogP contribution < -0.4 is 5.43 Å². The van der Waals surface area contributed by atoms with Crippen molar-refractivity contribution in [1.82, 2.24) is 10.4 Å². The summed E-state index contributed by atoms with van der Waals surface area (Å²) in [5, 5.41) is 14.2. The predicted molar refractivity (Wildman–Crippen MR) is 68.9 cm³/mol. The fourth-order valence-electron chi connectivity index (χ4n) is 1.38. The SMILES string of the molecule is O=C(N/N=C/c1ccc[nH]1)c1ccc([N+](=O)[O-])cc1. The molecule has 0 bridgehead atoms. The Morgan fingerprint density at radius 1 is 1.32 bits per heavy atom. The number of hydrogen-bond donors (Lipinski definition) is 2. The first-order chi connectivity index (χ1) is 9.16. The first-order valence-corrected chi connectivity index (χ1v) is 5.38. The number of rotatable bonds is 4. The molecule has 1 aromatic heterocycles. The molecule has 2 rings (SSSR count). The molecular formula is C12H10N4O3. The molecule has 96 valence electrons. The molecule has 1 heterocycles. The summed E-state index contributed by atoms with van der Waals surface area (Å²) in [5.41, 5.74) is 3.32. The van der Waals surface area contributed by atoms with Crippen LogP contribution in [0, 0.1) is 10.1 Å². The number of benzene rings is 1. The van der Waals surface area contributed by atoms with Crippen LogP contribution in [0.4, 0.5) is 5.69 Å². The third-order valence-electron chi connectivity index (χ3n) is 2.33. The van der Waals surface area contributed by atoms with Crippen molar-refractivity contribution < 1.29 is 9.72 Å². The molecule has 0 unspecified atom stereocenters. The van der Waals surface area contributed by atoms with Crippen molar-refractivity contribution in [1.29, 1.82) is 0 Å². The number of aromatic nitrogens is 1. The molecule has 0 atom stereocenters. The van der Waals surface area contributed by atoms with Crippen molar-refractivity contribution >= 4 is 17.8 Å². The topological polar surface area (TPSA) is 100 Å². The maximum absolute atomic E-state index is 11.6. The van der Waals surface area contributed by atoms with Crippen LogP contribution in [0.15, 0.2) is 47.7 Å². The fourth-order valence-corrected chi connectivity index (χ4v) is 1.38. The molecule has 0 saturated heterocycles. The van der Waals surface area contributed by atoms with Gasteiger partial charge in [-0.25, -0.2) is 5.43 Å². The number of hydrogen-bond acceptors (Lipinski definition) is 4. The van der Waals surface area contributed by atoms with E-state index < -0.39 is 10.8 Å². The number of nitro groups is 1. The summed E-state index contributed by atoms with van der Waals surface area (Å²) in [6.07, 6.45) is 3.20. The molecule has 0 fully saturated rings. The van der Waals surface area contributed by atoms with Gasteiger partial charge in [0, 0.05) is 23.9 Å². The van der Waals surface area contributed by atoms with Crippen LogP contribution >= 0.6 is 0 Å². The van der Waals surface area contributed by atoms with Crippen molar-refractivity contribution in [3.05, 3.63) is 64.0 Å². The standard InChI is InChI=1S/C12H10N4O3/c17-12(15-14-8-10-2-1-7-13-10)9-3-5-11(6-4-9)16(18)19/h1-8,13H,(H,15,17)/b14-8+. The highest BCUT2D eigenvalue weighted by molar-refractivity contribution is 5.94. The molecule has 0 radical (unpaired) electrons. The van der Waals surface area contributed by atoms with Crippen LogP contribution in [-0.2, 0) is 0 Å². The molecule has 7 heteroatoms. The predicted octanol–water partition coefficient (Wildman–Crippen LogP) is 1.69. The third kappa shape index (κ3) is 3.25. The summed E-state index contributed by atoms with van der Waals surface area (Å²) < 4.78 is 0. The number of non-ortho nitro benzene ring substituents is 1. The molecule has 2 N–H and O–H groups in total. The monoisotopic (exact) mass is 258 g/mol. The lowest BCUT2D eigenvalue weighted by atomic mass is 10.2. The van der Waals surface area contributed by atoms with E-state index in [9.17, 15) is 14.9 Å². The van der Waals surface area contributed by atoms with Crippen LogP contribution in [0.1, 0.15) is 16.1 Å². The van der Waals surface area contributed by atoms with Crippen molar-refractivity contribution in [3.63, 3.8) is 0 Å². The summed E-state index contributed by atoms with van der Waals surface area (Å²) >= 11 is 0. The molecule has 7 nitrogen and oxygen atoms in total. The number of nitro benzene ring substituents is 1. The highest BCUT2D eigenvalue weighted by Gasteiger charge is 2.08. The van der Waals surface area contributed by atoms with Crippen LogP contribution in [0.2, 0.25) is 0 Å². The van der Waals surface area contributed by atoms with Crippen molar-refractivity contribution in [3.8, 4) is 0 Å². The highest BCUT2D eigenvalue weighted by atomic mass is 16.6. The molecule has 1 amide bonds. The van der Waals surface area contributed by atoms with Crippen LogP contribution in [-0.4, -0.2) is 22.0 Å². The molecule has 19 heavy (non-hydrogen) atoms. The zero-order chi connectivity index (χ0) is 13.7. The zero-order valence-electron chi connectivity index (χ0n) is 9.74. The average Bonchev–Trinajstić information content (AvgIpc) is 2.92. The van der Waals surface area contributed by atoms with Gasteiger partial charge in [0.1, 0.15) is 0 Å². The van der Waals surface area contributed by atoms with E-state index in [1.165, 1.54) is 30.5 Å². The van der Waals surface area contributed by atoms with Gasteiger partial charge in [0.15, 0.2) is 0 Å². The van der Waals surface area contributed by atoms with E-state index in [1.807, 2.05) is 0 Å². The van der Waals surface area contributed by atoms with Gasteiger partial charge in [0.25, 0.3) is 11.6 Å². The first kappa shape index (κ1) is 12.5. The second kappa shape index (κ2) is 5.58. The molecule has 0 saturated carbocycles. The minimum atomic E-state index is -0.523. The lowest BCUT2D eigenvalue weighted by molar-refractivity contribution is -0.384. The minimum absolute atomic E-state index is 0.0635. The van der Waals surface area contributed by atoms with Gasteiger partial charge in [0.2, 0.25) is 0 Å². The number of carbonyl (C=O) groups is 1. The number of amides is 1. The van der Waals surface area contributed by atoms with Crippen LogP contribution in [0.5, 0.6) is 0 Å². The summed E-state index contributed by atoms with van der Waals surface area (Å²) in [5.74, 6) is -0.433. The van der Waals surface area contributed by atoms with E-state index in [1.54, 1.807) is 18.3 Å². The van der Waals surface area contributed by atoms with Crippen LogP contribution in [0.25, 0.3) is 0 Å². The quantitative estimate of drug-likeness (QED) is 0.495. The van der Waals surface area contributed by atoms with Crippen molar-refractivity contribution in [2.45, 2.75) is 0 Å². The van der Waals surface area contributed by atoms with E-state index in [0.29, 0.717) is 5.56 Å². The zero-order valence-corrected chi connectivity index (χ0v) is 9.74. The number of carbonyl (C=O) groups excluding carboxylic acids is 1. The number of H-pyrrole nitrogens is 1. The molecular weight excluding hydrogens is 248 g/mol. The summed E-state index contributed by atoms with van der Waals surface area (Å²) in [7, 11) is 0. The van der Waals surface area contributed by atoms with Crippen molar-refractivity contribution in [2.24, 2.45) is 5.10 Å². The van der Waals surface area contributed by atoms with Gasteiger partial charge in [-0.3, -0.25) is 14.9 Å². The Balaban J connectivity index is 1.98. The molecule has 0 aliphatic rings. The molecule has 2 aromatic rings. The maximum atomic E-state index is 11.6. The Labute approximate surface area is 108 Å². The van der Waals surface area contributed by atoms with Gasteiger partial charge in [-0.2, -0.15) is 5.10 Å². The van der Waals surface area contributed by atoms with Crippen LogP contribution in [0.3, 0.4) is 0 Å². The average molecular weight is 258 g/mol. The summed E-state index contributed by atoms with van der Waals surface area (Å²) in [6, 6.07) is 8.88. The third-order valence-corrected chi connectivity index (χ3v) is 2.33. The van der Waals surface area contributed by atoms with Gasteiger partial charge in [0.05, 0.1) is 16.8 Å². The summed E-state index contributed by atoms with van der Waals surface area (Å²) in [4.78, 5) is 24.5. The molecule has 0 aliphatic heterocycles. The lowest BCUT2D eigenvalue weighted by Crippen LogP contribution is -2.17. The number of hydrazone groups is 1. The first-order valence-electron chi connectivity index (χ1n) is 5.38. The summed E-state index contributed by atoms with van der Waals surface area (Å²) in [6.45, 7) is 0. The Hall–Kier alpha value is -2.96. The smallest absolute Gasteiger partial charge is 0.271 e. The number of nitrogens with zero attached hydrogens (tertiary/aromatic N) is 2. The number of aromatic amines is 1. The Bertz CT molecular complexity index is 602. The van der Waals surface area contributed by atoms with Gasteiger partial charge in [-0.05, 0) is 24.3 Å². The number of nitrogens with one attached hydrogen (secondary N) is 2. The molecule has 1 aromatic carbocycles. The van der Waals surface area contributed by atoms with E-state index in [-0.39, 0.29) is 5.69 Å². The molecule has 0 spiro atoms. The Kier molecular flexibility index (Phi) is 3.67. The second-order valence-electron chi connectivity index (χ2n) is 3.63. The maximum Gasteiger partial charge on any atom is 0.271 e. The normalized spacial score (nSPS) is 10.5. The second-order valence-corrected chi connectivity index (χ2v) is 3.63. The Morgan fingerprint density at radius 2 is 2.05 bits per heavy atom. The lowest BCUT2D eigenvalue weighted by Gasteiger charge is -1.98. The van der Waals surface area contributed by atoms with E-state index in [2.05, 4.69) is 15.5 Å².